The first-order valence-electron chi connectivity index (χ1n) is 7.71. The Hall–Kier alpha value is -1.95. The number of methoxy groups -OCH3 is 1. The van der Waals surface area contributed by atoms with E-state index in [-0.39, 0.29) is 6.04 Å². The van der Waals surface area contributed by atoms with Gasteiger partial charge in [0.05, 0.1) is 17.5 Å². The van der Waals surface area contributed by atoms with Gasteiger partial charge in [-0.3, -0.25) is 0 Å². The third-order valence-electron chi connectivity index (χ3n) is 3.85. The molecule has 0 bridgehead atoms. The van der Waals surface area contributed by atoms with Crippen LogP contribution in [0.15, 0.2) is 48.5 Å². The summed E-state index contributed by atoms with van der Waals surface area (Å²) in [5, 5.41) is 4.61. The van der Waals surface area contributed by atoms with E-state index in [4.69, 9.17) is 10.5 Å². The molecule has 3 aromatic rings. The van der Waals surface area contributed by atoms with Gasteiger partial charge in [0, 0.05) is 18.0 Å². The fourth-order valence-corrected chi connectivity index (χ4v) is 3.42. The Balaban J connectivity index is 1.52. The van der Waals surface area contributed by atoms with E-state index < -0.39 is 0 Å². The highest BCUT2D eigenvalue weighted by molar-refractivity contribution is 7.13. The first-order valence-corrected chi connectivity index (χ1v) is 8.49. The summed E-state index contributed by atoms with van der Waals surface area (Å²) in [5.41, 5.74) is 8.53. The monoisotopic (exact) mass is 327 g/mol. The molecule has 0 radical (unpaired) electrons. The topological polar surface area (TPSA) is 60.2 Å². The number of ether oxygens (including phenoxy) is 1. The van der Waals surface area contributed by atoms with E-state index in [2.05, 4.69) is 27.9 Å². The number of benzene rings is 2. The second-order valence-electron chi connectivity index (χ2n) is 5.49. The van der Waals surface area contributed by atoms with Gasteiger partial charge in [-0.05, 0) is 48.3 Å². The molecule has 120 valence electrons. The minimum Gasteiger partial charge on any atom is -0.497 e. The Morgan fingerprint density at radius 3 is 2.96 bits per heavy atom. The summed E-state index contributed by atoms with van der Waals surface area (Å²) in [6.45, 7) is 1.66. The predicted octanol–water partition coefficient (Wildman–Crippen LogP) is 3.48. The number of hydrogen-bond acceptors (Lipinski definition) is 5. The molecule has 0 saturated carbocycles. The molecule has 0 amide bonds. The fraction of sp³-hybridized carbons (Fsp3) is 0.278. The number of hydrogen-bond donors (Lipinski definition) is 2. The molecule has 1 aromatic heterocycles. The van der Waals surface area contributed by atoms with E-state index >= 15 is 0 Å². The van der Waals surface area contributed by atoms with Crippen molar-refractivity contribution in [3.63, 3.8) is 0 Å². The van der Waals surface area contributed by atoms with E-state index in [0.29, 0.717) is 0 Å². The lowest BCUT2D eigenvalue weighted by Crippen LogP contribution is -2.21. The van der Waals surface area contributed by atoms with Crippen molar-refractivity contribution in [2.75, 3.05) is 13.7 Å². The van der Waals surface area contributed by atoms with Gasteiger partial charge in [0.15, 0.2) is 0 Å². The van der Waals surface area contributed by atoms with Crippen LogP contribution in [0.2, 0.25) is 0 Å². The lowest BCUT2D eigenvalue weighted by molar-refractivity contribution is 0.414. The van der Waals surface area contributed by atoms with Gasteiger partial charge in [0.25, 0.3) is 0 Å². The Kier molecular flexibility index (Phi) is 5.23. The lowest BCUT2D eigenvalue weighted by Gasteiger charge is -2.11. The summed E-state index contributed by atoms with van der Waals surface area (Å²) in [5.74, 6) is 0.884. The van der Waals surface area contributed by atoms with Gasteiger partial charge >= 0.3 is 0 Å². The van der Waals surface area contributed by atoms with Gasteiger partial charge in [-0.15, -0.1) is 0 Å². The van der Waals surface area contributed by atoms with Crippen LogP contribution >= 0.6 is 11.5 Å². The fourth-order valence-electron chi connectivity index (χ4n) is 2.58. The second kappa shape index (κ2) is 7.55. The van der Waals surface area contributed by atoms with E-state index in [9.17, 15) is 0 Å². The molecule has 0 saturated heterocycles. The van der Waals surface area contributed by atoms with Crippen LogP contribution in [-0.4, -0.2) is 18.0 Å². The van der Waals surface area contributed by atoms with Crippen molar-refractivity contribution in [3.8, 4) is 5.75 Å². The van der Waals surface area contributed by atoms with Gasteiger partial charge in [-0.2, -0.15) is 4.37 Å². The molecule has 0 aliphatic heterocycles. The van der Waals surface area contributed by atoms with Crippen LogP contribution in [0.5, 0.6) is 5.75 Å². The van der Waals surface area contributed by atoms with Crippen molar-refractivity contribution in [2.24, 2.45) is 5.73 Å². The molecule has 5 heteroatoms. The summed E-state index contributed by atoms with van der Waals surface area (Å²) in [6.07, 6.45) is 0.859. The number of nitrogens with two attached hydrogens (primary N) is 1. The zero-order valence-corrected chi connectivity index (χ0v) is 14.0. The van der Waals surface area contributed by atoms with Crippen molar-refractivity contribution in [3.05, 3.63) is 59.8 Å². The van der Waals surface area contributed by atoms with E-state index in [1.807, 2.05) is 30.3 Å². The van der Waals surface area contributed by atoms with Crippen LogP contribution in [0, 0.1) is 0 Å². The molecule has 3 rings (SSSR count). The van der Waals surface area contributed by atoms with Crippen LogP contribution in [0.3, 0.4) is 0 Å². The number of fused-ring (bicyclic) bond motifs is 1. The highest BCUT2D eigenvalue weighted by Crippen LogP contribution is 2.27. The van der Waals surface area contributed by atoms with Crippen LogP contribution in [0.4, 0.5) is 0 Å². The average molecular weight is 327 g/mol. The van der Waals surface area contributed by atoms with Crippen LogP contribution in [0.1, 0.15) is 23.7 Å². The summed E-state index contributed by atoms with van der Waals surface area (Å²) in [7, 11) is 1.68. The van der Waals surface area contributed by atoms with Crippen LogP contribution in [-0.2, 0) is 6.54 Å². The maximum Gasteiger partial charge on any atom is 0.119 e. The summed E-state index contributed by atoms with van der Waals surface area (Å²) in [6, 6.07) is 16.3. The molecule has 0 aliphatic carbocycles. The quantitative estimate of drug-likeness (QED) is 0.652. The van der Waals surface area contributed by atoms with Gasteiger partial charge in [-0.25, -0.2) is 0 Å². The van der Waals surface area contributed by atoms with Crippen molar-refractivity contribution in [1.29, 1.82) is 0 Å². The third-order valence-corrected chi connectivity index (χ3v) is 4.69. The Bertz CT molecular complexity index is 772. The molecule has 0 aliphatic rings. The minimum atomic E-state index is -0.0380. The van der Waals surface area contributed by atoms with Crippen molar-refractivity contribution in [2.45, 2.75) is 19.0 Å². The molecule has 2 aromatic carbocycles. The number of nitrogens with one attached hydrogen (secondary N) is 1. The predicted molar refractivity (Wildman–Crippen MR) is 95.9 cm³/mol. The molecule has 1 heterocycles. The number of nitrogens with zero attached hydrogens (tertiary/aromatic N) is 1. The van der Waals surface area contributed by atoms with Crippen LogP contribution in [0.25, 0.3) is 10.1 Å². The molecular weight excluding hydrogens is 306 g/mol. The highest BCUT2D eigenvalue weighted by atomic mass is 32.1. The van der Waals surface area contributed by atoms with Crippen molar-refractivity contribution >= 4 is 21.6 Å². The molecule has 1 unspecified atom stereocenters. The first-order chi connectivity index (χ1) is 11.3. The number of aromatic nitrogens is 1. The molecule has 1 atom stereocenters. The van der Waals surface area contributed by atoms with Gasteiger partial charge in [0.2, 0.25) is 0 Å². The SMILES string of the molecule is COc1cccc(CNCCC(N)c2nsc3ccccc23)c1. The van der Waals surface area contributed by atoms with Crippen molar-refractivity contribution in [1.82, 2.24) is 9.69 Å². The Labute approximate surface area is 140 Å². The molecule has 4 nitrogen and oxygen atoms in total. The third kappa shape index (κ3) is 3.88. The molecule has 23 heavy (non-hydrogen) atoms. The zero-order chi connectivity index (χ0) is 16.1. The highest BCUT2D eigenvalue weighted by Gasteiger charge is 2.13. The smallest absolute Gasteiger partial charge is 0.119 e. The van der Waals surface area contributed by atoms with Gasteiger partial charge < -0.3 is 15.8 Å². The van der Waals surface area contributed by atoms with Gasteiger partial charge in [-0.1, -0.05) is 30.3 Å². The lowest BCUT2D eigenvalue weighted by atomic mass is 10.1. The Morgan fingerprint density at radius 2 is 2.09 bits per heavy atom. The first kappa shape index (κ1) is 15.9. The maximum atomic E-state index is 6.31. The average Bonchev–Trinajstić information content (AvgIpc) is 3.03. The number of rotatable bonds is 7. The summed E-state index contributed by atoms with van der Waals surface area (Å²) < 4.78 is 11.0. The summed E-state index contributed by atoms with van der Waals surface area (Å²) in [4.78, 5) is 0. The second-order valence-corrected chi connectivity index (χ2v) is 6.29. The molecule has 0 spiro atoms. The summed E-state index contributed by atoms with van der Waals surface area (Å²) >= 11 is 1.52. The van der Waals surface area contributed by atoms with Gasteiger partial charge in [0.1, 0.15) is 5.75 Å². The molecule has 0 fully saturated rings. The minimum absolute atomic E-state index is 0.0380. The van der Waals surface area contributed by atoms with E-state index in [0.717, 1.165) is 31.0 Å². The van der Waals surface area contributed by atoms with Crippen LogP contribution < -0.4 is 15.8 Å². The Morgan fingerprint density at radius 1 is 1.22 bits per heavy atom. The van der Waals surface area contributed by atoms with Crippen molar-refractivity contribution < 1.29 is 4.74 Å². The maximum absolute atomic E-state index is 6.31. The standard InChI is InChI=1S/C18H21N3OS/c1-22-14-6-4-5-13(11-14)12-20-10-9-16(19)18-15-7-2-3-8-17(15)23-21-18/h2-8,11,16,20H,9-10,12,19H2,1H3. The van der Waals surface area contributed by atoms with E-state index in [1.165, 1.54) is 27.2 Å². The normalized spacial score (nSPS) is 12.4. The van der Waals surface area contributed by atoms with E-state index in [1.54, 1.807) is 7.11 Å². The zero-order valence-electron chi connectivity index (χ0n) is 13.2. The largest absolute Gasteiger partial charge is 0.497 e. The molecule has 3 N–H and O–H groups in total. The molecular formula is C18H21N3OS.